The number of nitrogens with zero attached hydrogens (tertiary/aromatic N) is 5. The van der Waals surface area contributed by atoms with E-state index in [1.807, 2.05) is 101 Å². The first kappa shape index (κ1) is 36.7. The summed E-state index contributed by atoms with van der Waals surface area (Å²) in [5.74, 6) is 0.324. The minimum absolute atomic E-state index is 0.0582. The molecule has 1 aromatic heterocycles. The van der Waals surface area contributed by atoms with Crippen molar-refractivity contribution in [2.45, 2.75) is 62.7 Å². The van der Waals surface area contributed by atoms with Crippen LogP contribution in [0.4, 0.5) is 16.2 Å². The van der Waals surface area contributed by atoms with E-state index in [4.69, 9.17) is 14.2 Å². The number of anilines is 2. The van der Waals surface area contributed by atoms with Crippen molar-refractivity contribution < 1.29 is 28.9 Å². The molecule has 0 aliphatic carbocycles. The Morgan fingerprint density at radius 2 is 1.69 bits per heavy atom. The number of carbonyl (C=O) groups excluding carboxylic acids is 2. The number of cyclic esters (lactones) is 1. The van der Waals surface area contributed by atoms with Crippen LogP contribution in [0.3, 0.4) is 0 Å². The molecule has 2 saturated heterocycles. The fourth-order valence-electron chi connectivity index (χ4n) is 9.18. The number of hydrogen-bond acceptors (Lipinski definition) is 8. The Morgan fingerprint density at radius 3 is 2.38 bits per heavy atom. The molecule has 1 spiro atoms. The fraction of sp³-hybridized carbons (Fsp3) is 0.349. The summed E-state index contributed by atoms with van der Waals surface area (Å²) in [5, 5.41) is 20.5. The molecule has 8 rings (SSSR count). The lowest BCUT2D eigenvalue weighted by molar-refractivity contribution is -0.146. The van der Waals surface area contributed by atoms with Gasteiger partial charge in [0, 0.05) is 29.9 Å². The number of para-hydroxylation sites is 1. The smallest absolute Gasteiger partial charge is 0.414 e. The lowest BCUT2D eigenvalue weighted by Gasteiger charge is -2.37. The highest BCUT2D eigenvalue weighted by molar-refractivity contribution is 6.91. The van der Waals surface area contributed by atoms with Crippen LogP contribution in [0.15, 0.2) is 109 Å². The average molecular weight is 758 g/mol. The summed E-state index contributed by atoms with van der Waals surface area (Å²) in [6.07, 6.45) is 1.93. The lowest BCUT2D eigenvalue weighted by Crippen LogP contribution is -2.51. The van der Waals surface area contributed by atoms with Crippen molar-refractivity contribution in [1.29, 1.82) is 0 Å². The van der Waals surface area contributed by atoms with Gasteiger partial charge in [0.1, 0.15) is 12.4 Å². The van der Waals surface area contributed by atoms with E-state index in [0.717, 1.165) is 33.8 Å². The van der Waals surface area contributed by atoms with Gasteiger partial charge >= 0.3 is 6.09 Å². The van der Waals surface area contributed by atoms with Crippen molar-refractivity contribution in [2.24, 2.45) is 5.92 Å². The Morgan fingerprint density at radius 1 is 0.964 bits per heavy atom. The molecular weight excluding hydrogens is 711 g/mol. The third kappa shape index (κ3) is 6.41. The van der Waals surface area contributed by atoms with E-state index in [2.05, 4.69) is 48.5 Å². The molecule has 12 heteroatoms. The van der Waals surface area contributed by atoms with Crippen LogP contribution in [0.2, 0.25) is 18.6 Å². The summed E-state index contributed by atoms with van der Waals surface area (Å²) in [4.78, 5) is 30.8. The van der Waals surface area contributed by atoms with Crippen molar-refractivity contribution in [1.82, 2.24) is 15.0 Å². The van der Waals surface area contributed by atoms with Crippen molar-refractivity contribution in [3.05, 3.63) is 132 Å². The molecule has 3 aliphatic heterocycles. The maximum atomic E-state index is 15.2. The highest BCUT2D eigenvalue weighted by atomic mass is 28.3. The fourth-order valence-corrected chi connectivity index (χ4v) is 13.2. The molecule has 0 radical (unpaired) electrons. The Labute approximate surface area is 322 Å². The maximum Gasteiger partial charge on any atom is 0.414 e. The molecule has 5 aromatic rings. The van der Waals surface area contributed by atoms with Crippen molar-refractivity contribution in [3.8, 4) is 5.75 Å². The van der Waals surface area contributed by atoms with Gasteiger partial charge in [0.2, 0.25) is 0 Å². The van der Waals surface area contributed by atoms with Gasteiger partial charge in [0.05, 0.1) is 58.3 Å². The number of hydrogen-bond donors (Lipinski definition) is 1. The van der Waals surface area contributed by atoms with Crippen molar-refractivity contribution >= 4 is 36.6 Å². The van der Waals surface area contributed by atoms with Gasteiger partial charge in [-0.15, -0.1) is 5.10 Å². The molecule has 284 valence electrons. The SMILES string of the molecule is COc1ccc([Si](C)(C)[C@@H]2[C@@H](CCn3cc(C(CO)c4ccccc4)nn3)O[C@]3(C(=O)N(Cc4ccc(N5CCOC5=O)cc4)c4ccccc43)[C@H]2C)cc1. The predicted molar refractivity (Wildman–Crippen MR) is 212 cm³/mol. The molecule has 4 aromatic carbocycles. The molecule has 0 saturated carbocycles. The second-order valence-electron chi connectivity index (χ2n) is 15.3. The molecule has 2 amide bonds. The van der Waals surface area contributed by atoms with Crippen LogP contribution in [-0.2, 0) is 33.0 Å². The summed E-state index contributed by atoms with van der Waals surface area (Å²) in [6, 6.07) is 34.0. The van der Waals surface area contributed by atoms with Gasteiger partial charge in [-0.05, 0) is 53.4 Å². The molecule has 3 aliphatic rings. The molecular formula is C43H47N5O6Si. The van der Waals surface area contributed by atoms with Gasteiger partial charge in [0.25, 0.3) is 5.91 Å². The molecule has 1 unspecified atom stereocenters. The molecule has 2 fully saturated rings. The summed E-state index contributed by atoms with van der Waals surface area (Å²) >= 11 is 0. The Hall–Kier alpha value is -5.30. The van der Waals surface area contributed by atoms with Crippen molar-refractivity contribution in [3.63, 3.8) is 0 Å². The number of ether oxygens (including phenoxy) is 3. The number of aliphatic hydroxyl groups is 1. The topological polar surface area (TPSA) is 119 Å². The first-order valence-electron chi connectivity index (χ1n) is 19.0. The third-order valence-electron chi connectivity index (χ3n) is 12.0. The van der Waals surface area contributed by atoms with Crippen LogP contribution >= 0.6 is 0 Å². The lowest BCUT2D eigenvalue weighted by atomic mass is 9.82. The number of aromatic nitrogens is 3. The number of rotatable bonds is 12. The van der Waals surface area contributed by atoms with Crippen LogP contribution in [-0.4, -0.2) is 73.1 Å². The predicted octanol–water partition coefficient (Wildman–Crippen LogP) is 6.22. The van der Waals surface area contributed by atoms with Gasteiger partial charge in [-0.3, -0.25) is 14.4 Å². The molecule has 4 heterocycles. The Bertz CT molecular complexity index is 2160. The van der Waals surface area contributed by atoms with Gasteiger partial charge in [-0.25, -0.2) is 4.79 Å². The largest absolute Gasteiger partial charge is 0.497 e. The third-order valence-corrected chi connectivity index (χ3v) is 16.4. The van der Waals surface area contributed by atoms with E-state index in [1.54, 1.807) is 12.0 Å². The Balaban J connectivity index is 1.11. The highest BCUT2D eigenvalue weighted by Gasteiger charge is 2.66. The van der Waals surface area contributed by atoms with E-state index in [1.165, 1.54) is 5.19 Å². The van der Waals surface area contributed by atoms with Crippen LogP contribution in [0.25, 0.3) is 0 Å². The normalized spacial score (nSPS) is 22.7. The maximum absolute atomic E-state index is 15.2. The van der Waals surface area contributed by atoms with Gasteiger partial charge in [-0.1, -0.05) is 103 Å². The number of fused-ring (bicyclic) bond motifs is 2. The zero-order chi connectivity index (χ0) is 38.3. The zero-order valence-electron chi connectivity index (χ0n) is 31.7. The average Bonchev–Trinajstić information content (AvgIpc) is 3.98. The van der Waals surface area contributed by atoms with Crippen LogP contribution < -0.4 is 19.7 Å². The van der Waals surface area contributed by atoms with E-state index in [9.17, 15) is 9.90 Å². The van der Waals surface area contributed by atoms with Gasteiger partial charge in [-0.2, -0.15) is 0 Å². The van der Waals surface area contributed by atoms with Crippen LogP contribution in [0.1, 0.15) is 41.6 Å². The summed E-state index contributed by atoms with van der Waals surface area (Å²) in [5.41, 5.74) is 4.04. The standard InChI is InChI=1S/C43H47N5O6Si/c1-29-40(55(3,4)34-20-18-33(52-2)19-21-34)39(22-23-46-27-37(44-45-46)35(28-49)31-10-6-5-7-11-31)54-43(29)36-12-8-9-13-38(36)48(41(43)50)26-30-14-16-32(17-15-30)47-24-25-53-42(47)51/h5-21,27,29,35,39-40,49H,22-26,28H2,1-4H3/t29-,35?,39+,40-,43+/m0/s1. The zero-order valence-corrected chi connectivity index (χ0v) is 32.7. The van der Waals surface area contributed by atoms with Crippen LogP contribution in [0.5, 0.6) is 5.75 Å². The summed E-state index contributed by atoms with van der Waals surface area (Å²) in [7, 11) is -0.671. The van der Waals surface area contributed by atoms with Gasteiger partial charge < -0.3 is 24.2 Å². The van der Waals surface area contributed by atoms with Crippen LogP contribution in [0, 0.1) is 5.92 Å². The first-order chi connectivity index (χ1) is 26.6. The van der Waals surface area contributed by atoms with E-state index in [0.29, 0.717) is 38.4 Å². The number of aryl methyl sites for hydroxylation is 1. The van der Waals surface area contributed by atoms with E-state index in [-0.39, 0.29) is 42.1 Å². The molecule has 55 heavy (non-hydrogen) atoms. The van der Waals surface area contributed by atoms with Gasteiger partial charge in [0.15, 0.2) is 5.60 Å². The number of aliphatic hydroxyl groups excluding tert-OH is 1. The molecule has 5 atom stereocenters. The minimum Gasteiger partial charge on any atom is -0.497 e. The molecule has 11 nitrogen and oxygen atoms in total. The molecule has 1 N–H and O–H groups in total. The monoisotopic (exact) mass is 757 g/mol. The summed E-state index contributed by atoms with van der Waals surface area (Å²) < 4.78 is 19.8. The Kier molecular flexibility index (Phi) is 9.82. The number of carbonyl (C=O) groups is 2. The number of methoxy groups -OCH3 is 1. The van der Waals surface area contributed by atoms with E-state index >= 15 is 4.79 Å². The highest BCUT2D eigenvalue weighted by Crippen LogP contribution is 2.60. The quantitative estimate of drug-likeness (QED) is 0.149. The second-order valence-corrected chi connectivity index (χ2v) is 20.0. The summed E-state index contributed by atoms with van der Waals surface area (Å²) in [6.45, 7) is 8.67. The van der Waals surface area contributed by atoms with Crippen molar-refractivity contribution in [2.75, 3.05) is 36.7 Å². The minimum atomic E-state index is -2.35. The second kappa shape index (κ2) is 14.7. The molecule has 0 bridgehead atoms. The van der Waals surface area contributed by atoms with E-state index < -0.39 is 13.7 Å². The number of amides is 2. The first-order valence-corrected chi connectivity index (χ1v) is 22.1. The number of benzene rings is 4.